The predicted molar refractivity (Wildman–Crippen MR) is 68.6 cm³/mol. The number of carbonyl (C=O) groups excluding carboxylic acids is 1. The molecule has 1 aliphatic carbocycles. The Kier molecular flexibility index (Phi) is 4.32. The van der Waals surface area contributed by atoms with Crippen molar-refractivity contribution in [3.63, 3.8) is 0 Å². The van der Waals surface area contributed by atoms with Gasteiger partial charge in [-0.15, -0.1) is 0 Å². The van der Waals surface area contributed by atoms with Gasteiger partial charge in [0.05, 0.1) is 5.56 Å². The zero-order valence-electron chi connectivity index (χ0n) is 10.9. The topological polar surface area (TPSA) is 55.1 Å². The molecule has 1 atom stereocenters. The summed E-state index contributed by atoms with van der Waals surface area (Å²) in [6.07, 6.45) is -2.18. The summed E-state index contributed by atoms with van der Waals surface area (Å²) >= 11 is 0. The van der Waals surface area contributed by atoms with Gasteiger partial charge in [-0.05, 0) is 30.4 Å². The van der Waals surface area contributed by atoms with E-state index < -0.39 is 11.7 Å². The molecule has 0 bridgehead atoms. The molecule has 6 heteroatoms. The van der Waals surface area contributed by atoms with Crippen molar-refractivity contribution in [2.75, 3.05) is 0 Å². The van der Waals surface area contributed by atoms with E-state index in [9.17, 15) is 18.0 Å². The molecule has 1 aromatic rings. The summed E-state index contributed by atoms with van der Waals surface area (Å²) in [6.45, 7) is -0.133. The lowest BCUT2D eigenvalue weighted by Crippen LogP contribution is -2.33. The number of halogens is 3. The Morgan fingerprint density at radius 3 is 2.60 bits per heavy atom. The fourth-order valence-electron chi connectivity index (χ4n) is 2.12. The highest BCUT2D eigenvalue weighted by molar-refractivity contribution is 5.76. The quantitative estimate of drug-likeness (QED) is 0.873. The molecule has 1 saturated carbocycles. The van der Waals surface area contributed by atoms with E-state index in [4.69, 9.17) is 5.73 Å². The Morgan fingerprint density at radius 1 is 1.35 bits per heavy atom. The monoisotopic (exact) mass is 286 g/mol. The third-order valence-electron chi connectivity index (χ3n) is 3.45. The van der Waals surface area contributed by atoms with E-state index in [2.05, 4.69) is 5.32 Å². The Labute approximate surface area is 115 Å². The van der Waals surface area contributed by atoms with Gasteiger partial charge in [0.15, 0.2) is 0 Å². The third kappa shape index (κ3) is 3.96. The first-order valence-corrected chi connectivity index (χ1v) is 6.55. The molecule has 0 saturated heterocycles. The van der Waals surface area contributed by atoms with E-state index in [0.717, 1.165) is 18.9 Å². The second kappa shape index (κ2) is 5.83. The van der Waals surface area contributed by atoms with Crippen molar-refractivity contribution in [2.45, 2.75) is 38.0 Å². The van der Waals surface area contributed by atoms with Crippen molar-refractivity contribution in [1.29, 1.82) is 0 Å². The summed E-state index contributed by atoms with van der Waals surface area (Å²) in [6, 6.07) is 5.04. The molecule has 2 rings (SSSR count). The average molecular weight is 286 g/mol. The molecule has 0 spiro atoms. The zero-order valence-corrected chi connectivity index (χ0v) is 10.9. The van der Waals surface area contributed by atoms with Gasteiger partial charge in [-0.25, -0.2) is 0 Å². The number of nitrogens with one attached hydrogen (secondary N) is 1. The van der Waals surface area contributed by atoms with Crippen LogP contribution in [-0.2, 0) is 17.5 Å². The van der Waals surface area contributed by atoms with E-state index in [0.29, 0.717) is 5.92 Å². The SMILES string of the molecule is NC(CC(=O)NCc1ccccc1C(F)(F)F)C1CC1. The number of hydrogen-bond donors (Lipinski definition) is 2. The first kappa shape index (κ1) is 14.8. The third-order valence-corrected chi connectivity index (χ3v) is 3.45. The Morgan fingerprint density at radius 2 is 2.00 bits per heavy atom. The van der Waals surface area contributed by atoms with Crippen LogP contribution in [0.2, 0.25) is 0 Å². The number of carbonyl (C=O) groups is 1. The van der Waals surface area contributed by atoms with Crippen LogP contribution >= 0.6 is 0 Å². The van der Waals surface area contributed by atoms with Crippen LogP contribution in [0.3, 0.4) is 0 Å². The zero-order chi connectivity index (χ0) is 14.8. The molecule has 1 amide bonds. The minimum absolute atomic E-state index is 0.0633. The summed E-state index contributed by atoms with van der Waals surface area (Å²) in [4.78, 5) is 11.6. The number of rotatable bonds is 5. The normalized spacial score (nSPS) is 16.8. The molecular weight excluding hydrogens is 269 g/mol. The first-order valence-electron chi connectivity index (χ1n) is 6.55. The lowest BCUT2D eigenvalue weighted by atomic mass is 10.1. The smallest absolute Gasteiger partial charge is 0.352 e. The van der Waals surface area contributed by atoms with Crippen molar-refractivity contribution in [2.24, 2.45) is 11.7 Å². The summed E-state index contributed by atoms with van der Waals surface area (Å²) < 4.78 is 38.3. The van der Waals surface area contributed by atoms with Gasteiger partial charge in [0.2, 0.25) is 5.91 Å². The van der Waals surface area contributed by atoms with Crippen LogP contribution in [0.15, 0.2) is 24.3 Å². The number of hydrogen-bond acceptors (Lipinski definition) is 2. The van der Waals surface area contributed by atoms with E-state index in [-0.39, 0.29) is 30.5 Å². The highest BCUT2D eigenvalue weighted by Crippen LogP contribution is 2.33. The molecule has 20 heavy (non-hydrogen) atoms. The van der Waals surface area contributed by atoms with E-state index in [1.807, 2.05) is 0 Å². The van der Waals surface area contributed by atoms with E-state index in [1.165, 1.54) is 18.2 Å². The molecule has 0 radical (unpaired) electrons. The van der Waals surface area contributed by atoms with Crippen molar-refractivity contribution in [3.8, 4) is 0 Å². The van der Waals surface area contributed by atoms with Crippen LogP contribution in [0.4, 0.5) is 13.2 Å². The molecule has 3 nitrogen and oxygen atoms in total. The van der Waals surface area contributed by atoms with Gasteiger partial charge in [-0.2, -0.15) is 13.2 Å². The molecule has 1 fully saturated rings. The van der Waals surface area contributed by atoms with Gasteiger partial charge < -0.3 is 11.1 Å². The lowest BCUT2D eigenvalue weighted by molar-refractivity contribution is -0.138. The minimum Gasteiger partial charge on any atom is -0.352 e. The van der Waals surface area contributed by atoms with Gasteiger partial charge in [-0.3, -0.25) is 4.79 Å². The van der Waals surface area contributed by atoms with Crippen LogP contribution in [0.25, 0.3) is 0 Å². The number of amides is 1. The van der Waals surface area contributed by atoms with Gasteiger partial charge in [0.1, 0.15) is 0 Å². The maximum absolute atomic E-state index is 12.8. The van der Waals surface area contributed by atoms with Crippen molar-refractivity contribution in [3.05, 3.63) is 35.4 Å². The molecule has 0 heterocycles. The van der Waals surface area contributed by atoms with E-state index in [1.54, 1.807) is 0 Å². The molecule has 0 aromatic heterocycles. The fourth-order valence-corrected chi connectivity index (χ4v) is 2.12. The summed E-state index contributed by atoms with van der Waals surface area (Å²) in [5.41, 5.74) is 5.15. The predicted octanol–water partition coefficient (Wildman–Crippen LogP) is 2.45. The van der Waals surface area contributed by atoms with Gasteiger partial charge in [0.25, 0.3) is 0 Å². The standard InChI is InChI=1S/C14H17F3N2O/c15-14(16,17)11-4-2-1-3-10(11)8-19-13(20)7-12(18)9-5-6-9/h1-4,9,12H,5-8,18H2,(H,19,20). The fraction of sp³-hybridized carbons (Fsp3) is 0.500. The van der Waals surface area contributed by atoms with Gasteiger partial charge in [0, 0.05) is 19.0 Å². The molecule has 110 valence electrons. The van der Waals surface area contributed by atoms with Crippen LogP contribution < -0.4 is 11.1 Å². The van der Waals surface area contributed by atoms with Crippen molar-refractivity contribution >= 4 is 5.91 Å². The largest absolute Gasteiger partial charge is 0.416 e. The summed E-state index contributed by atoms with van der Waals surface area (Å²) in [5, 5.41) is 2.51. The lowest BCUT2D eigenvalue weighted by Gasteiger charge is -2.14. The van der Waals surface area contributed by atoms with Gasteiger partial charge in [-0.1, -0.05) is 18.2 Å². The highest BCUT2D eigenvalue weighted by Gasteiger charge is 2.33. The molecule has 0 aliphatic heterocycles. The average Bonchev–Trinajstić information content (AvgIpc) is 3.19. The summed E-state index contributed by atoms with van der Waals surface area (Å²) in [7, 11) is 0. The first-order chi connectivity index (χ1) is 9.38. The maximum atomic E-state index is 12.8. The molecule has 1 aliphatic rings. The Hall–Kier alpha value is -1.56. The molecule has 1 unspecified atom stereocenters. The highest BCUT2D eigenvalue weighted by atomic mass is 19.4. The van der Waals surface area contributed by atoms with Crippen LogP contribution in [0, 0.1) is 5.92 Å². The second-order valence-corrected chi connectivity index (χ2v) is 5.14. The maximum Gasteiger partial charge on any atom is 0.416 e. The van der Waals surface area contributed by atoms with Crippen LogP contribution in [-0.4, -0.2) is 11.9 Å². The van der Waals surface area contributed by atoms with Gasteiger partial charge >= 0.3 is 6.18 Å². The second-order valence-electron chi connectivity index (χ2n) is 5.14. The summed E-state index contributed by atoms with van der Waals surface area (Å²) in [5.74, 6) is 0.0876. The van der Waals surface area contributed by atoms with Crippen LogP contribution in [0.5, 0.6) is 0 Å². The van der Waals surface area contributed by atoms with Crippen molar-refractivity contribution in [1.82, 2.24) is 5.32 Å². The number of alkyl halides is 3. The number of benzene rings is 1. The van der Waals surface area contributed by atoms with Crippen LogP contribution in [0.1, 0.15) is 30.4 Å². The molecular formula is C14H17F3N2O. The molecule has 3 N–H and O–H groups in total. The van der Waals surface area contributed by atoms with Crippen molar-refractivity contribution < 1.29 is 18.0 Å². The Bertz CT molecular complexity index is 484. The number of nitrogens with two attached hydrogens (primary N) is 1. The van der Waals surface area contributed by atoms with E-state index >= 15 is 0 Å². The minimum atomic E-state index is -4.41. The molecule has 1 aromatic carbocycles. The Balaban J connectivity index is 1.91.